The molecule has 5 rings (SSSR count). The molecule has 0 bridgehead atoms. The van der Waals surface area contributed by atoms with Crippen LogP contribution in [0.4, 0.5) is 11.6 Å². The molecule has 3 heterocycles. The van der Waals surface area contributed by atoms with Gasteiger partial charge in [-0.05, 0) is 54.1 Å². The number of ether oxygens (including phenoxy) is 1. The Kier molecular flexibility index (Phi) is 4.86. The molecular formula is C23H16N6O3. The maximum atomic E-state index is 11.1. The fourth-order valence-electron chi connectivity index (χ4n) is 3.22. The van der Waals surface area contributed by atoms with Crippen molar-refractivity contribution in [2.45, 2.75) is 0 Å². The first-order valence-electron chi connectivity index (χ1n) is 9.65. The van der Waals surface area contributed by atoms with E-state index in [-0.39, 0.29) is 12.5 Å². The molecule has 156 valence electrons. The minimum atomic E-state index is -0.596. The van der Waals surface area contributed by atoms with Crippen molar-refractivity contribution < 1.29 is 9.15 Å². The number of nitrogens with zero attached hydrogens (tertiary/aromatic N) is 4. The predicted molar refractivity (Wildman–Crippen MR) is 119 cm³/mol. The number of pyridine rings is 1. The van der Waals surface area contributed by atoms with Gasteiger partial charge in [0.05, 0.1) is 0 Å². The van der Waals surface area contributed by atoms with Crippen LogP contribution in [0.3, 0.4) is 0 Å². The first-order valence-corrected chi connectivity index (χ1v) is 9.65. The number of H-pyrrole nitrogens is 1. The summed E-state index contributed by atoms with van der Waals surface area (Å²) in [6.45, 7) is 0.227. The summed E-state index contributed by atoms with van der Waals surface area (Å²) in [5.74, 6) is 3.24. The lowest BCUT2D eigenvalue weighted by molar-refractivity contribution is 0.370. The van der Waals surface area contributed by atoms with E-state index in [4.69, 9.17) is 15.6 Å². The summed E-state index contributed by atoms with van der Waals surface area (Å²) in [6, 6.07) is 18.8. The Bertz CT molecular complexity index is 1470. The summed E-state index contributed by atoms with van der Waals surface area (Å²) in [5.41, 5.74) is 4.07. The van der Waals surface area contributed by atoms with Crippen molar-refractivity contribution in [3.8, 4) is 40.7 Å². The van der Waals surface area contributed by atoms with Crippen LogP contribution in [0.5, 0.6) is 5.75 Å². The molecule has 9 nitrogen and oxygen atoms in total. The molecule has 3 aromatic heterocycles. The largest absolute Gasteiger partial charge is 0.481 e. The maximum Gasteiger partial charge on any atom is 0.434 e. The zero-order valence-corrected chi connectivity index (χ0v) is 16.6. The fraction of sp³-hybridized carbons (Fsp3) is 0.0435. The predicted octanol–water partition coefficient (Wildman–Crippen LogP) is 3.50. The summed E-state index contributed by atoms with van der Waals surface area (Å²) in [5, 5.41) is 13.8. The number of aromatic amines is 1. The minimum Gasteiger partial charge on any atom is -0.481 e. The van der Waals surface area contributed by atoms with Gasteiger partial charge in [0.1, 0.15) is 12.4 Å². The highest BCUT2D eigenvalue weighted by molar-refractivity contribution is 5.78. The van der Waals surface area contributed by atoms with Crippen LogP contribution >= 0.6 is 0 Å². The molecule has 32 heavy (non-hydrogen) atoms. The molecule has 0 aliphatic heterocycles. The van der Waals surface area contributed by atoms with Gasteiger partial charge in [0.2, 0.25) is 11.8 Å². The van der Waals surface area contributed by atoms with Gasteiger partial charge in [-0.2, -0.15) is 4.98 Å². The van der Waals surface area contributed by atoms with Crippen molar-refractivity contribution >= 4 is 17.3 Å². The van der Waals surface area contributed by atoms with E-state index < -0.39 is 5.76 Å². The number of hydrogen-bond donors (Lipinski definition) is 2. The third-order valence-electron chi connectivity index (χ3n) is 4.68. The fourth-order valence-corrected chi connectivity index (χ4v) is 3.22. The summed E-state index contributed by atoms with van der Waals surface area (Å²) in [6.07, 6.45) is 7.07. The Balaban J connectivity index is 1.39. The molecule has 0 atom stereocenters. The Hall–Kier alpha value is -4.84. The Morgan fingerprint density at radius 2 is 1.88 bits per heavy atom. The van der Waals surface area contributed by atoms with Crippen LogP contribution < -0.4 is 15.8 Å². The van der Waals surface area contributed by atoms with Crippen molar-refractivity contribution in [1.29, 1.82) is 0 Å². The van der Waals surface area contributed by atoms with Gasteiger partial charge >= 0.3 is 5.76 Å². The van der Waals surface area contributed by atoms with Crippen LogP contribution in [0, 0.1) is 12.3 Å². The van der Waals surface area contributed by atoms with Gasteiger partial charge in [0.25, 0.3) is 0 Å². The van der Waals surface area contributed by atoms with Crippen molar-refractivity contribution in [2.24, 2.45) is 0 Å². The highest BCUT2D eigenvalue weighted by Crippen LogP contribution is 2.27. The molecule has 0 amide bonds. The Labute approximate surface area is 181 Å². The first-order chi connectivity index (χ1) is 15.7. The van der Waals surface area contributed by atoms with E-state index >= 15 is 0 Å². The van der Waals surface area contributed by atoms with E-state index in [9.17, 15) is 4.79 Å². The molecule has 0 fully saturated rings. The van der Waals surface area contributed by atoms with Gasteiger partial charge in [-0.1, -0.05) is 18.1 Å². The molecule has 0 aliphatic carbocycles. The lowest BCUT2D eigenvalue weighted by Crippen LogP contribution is -1.93. The lowest BCUT2D eigenvalue weighted by Gasteiger charge is -2.05. The Morgan fingerprint density at radius 1 is 1.09 bits per heavy atom. The number of hydrogen-bond acceptors (Lipinski definition) is 7. The number of anilines is 2. The number of benzene rings is 2. The quantitative estimate of drug-likeness (QED) is 0.402. The van der Waals surface area contributed by atoms with Gasteiger partial charge in [-0.3, -0.25) is 0 Å². The van der Waals surface area contributed by atoms with Gasteiger partial charge in [0.15, 0.2) is 5.65 Å². The maximum absolute atomic E-state index is 11.1. The molecule has 0 radical (unpaired) electrons. The van der Waals surface area contributed by atoms with Gasteiger partial charge in [0, 0.05) is 23.0 Å². The SMILES string of the molecule is C#CCOc1ccc(-c2cccn3nc(Nc4ccc(-c5n[nH]c(=O)o5)cc4)nc23)cc1. The van der Waals surface area contributed by atoms with Crippen molar-refractivity contribution in [2.75, 3.05) is 11.9 Å². The van der Waals surface area contributed by atoms with E-state index in [1.54, 1.807) is 16.6 Å². The molecule has 0 aliphatic rings. The summed E-state index contributed by atoms with van der Waals surface area (Å²) < 4.78 is 12.1. The highest BCUT2D eigenvalue weighted by Gasteiger charge is 2.11. The van der Waals surface area contributed by atoms with Crippen molar-refractivity contribution in [3.05, 3.63) is 77.4 Å². The average Bonchev–Trinajstić information content (AvgIpc) is 3.44. The summed E-state index contributed by atoms with van der Waals surface area (Å²) >= 11 is 0. The van der Waals surface area contributed by atoms with Crippen LogP contribution in [-0.2, 0) is 0 Å². The molecule has 9 heteroatoms. The summed E-state index contributed by atoms with van der Waals surface area (Å²) in [7, 11) is 0. The Morgan fingerprint density at radius 3 is 2.59 bits per heavy atom. The third kappa shape index (κ3) is 3.80. The van der Waals surface area contributed by atoms with Crippen LogP contribution in [0.2, 0.25) is 0 Å². The molecule has 5 aromatic rings. The molecule has 0 saturated carbocycles. The minimum absolute atomic E-state index is 0.227. The van der Waals surface area contributed by atoms with Crippen LogP contribution in [0.25, 0.3) is 28.2 Å². The van der Waals surface area contributed by atoms with Crippen molar-refractivity contribution in [3.63, 3.8) is 0 Å². The van der Waals surface area contributed by atoms with E-state index in [0.717, 1.165) is 16.8 Å². The standard InChI is InChI=1S/C23H16N6O3/c1-2-14-31-18-11-7-15(8-12-18)19-4-3-13-29-20(19)25-22(28-29)24-17-9-5-16(6-10-17)21-26-27-23(30)32-21/h1,3-13H,14H2,(H,24,28)(H,27,30). The number of fused-ring (bicyclic) bond motifs is 1. The normalized spacial score (nSPS) is 10.7. The zero-order chi connectivity index (χ0) is 21.9. The zero-order valence-electron chi connectivity index (χ0n) is 16.6. The second-order valence-electron chi connectivity index (χ2n) is 6.76. The molecule has 0 spiro atoms. The molecule has 2 aromatic carbocycles. The average molecular weight is 424 g/mol. The first kappa shape index (κ1) is 19.1. The highest BCUT2D eigenvalue weighted by atomic mass is 16.5. The second kappa shape index (κ2) is 8.12. The van der Waals surface area contributed by atoms with Gasteiger partial charge < -0.3 is 14.5 Å². The van der Waals surface area contributed by atoms with Gasteiger partial charge in [-0.25, -0.2) is 14.4 Å². The third-order valence-corrected chi connectivity index (χ3v) is 4.68. The monoisotopic (exact) mass is 424 g/mol. The molecule has 2 N–H and O–H groups in total. The van der Waals surface area contributed by atoms with Gasteiger partial charge in [-0.15, -0.1) is 16.6 Å². The molecule has 0 saturated heterocycles. The number of aromatic nitrogens is 5. The topological polar surface area (TPSA) is 110 Å². The summed E-state index contributed by atoms with van der Waals surface area (Å²) in [4.78, 5) is 15.8. The number of rotatable bonds is 6. The molecular weight excluding hydrogens is 408 g/mol. The van der Waals surface area contributed by atoms with Crippen LogP contribution in [0.1, 0.15) is 0 Å². The van der Waals surface area contributed by atoms with E-state index in [1.807, 2.05) is 54.7 Å². The van der Waals surface area contributed by atoms with Crippen LogP contribution in [-0.4, -0.2) is 31.4 Å². The van der Waals surface area contributed by atoms with Crippen LogP contribution in [0.15, 0.2) is 76.1 Å². The lowest BCUT2D eigenvalue weighted by atomic mass is 10.1. The number of nitrogens with one attached hydrogen (secondary N) is 2. The number of terminal acetylenes is 1. The smallest absolute Gasteiger partial charge is 0.434 e. The van der Waals surface area contributed by atoms with Crippen molar-refractivity contribution in [1.82, 2.24) is 24.8 Å². The molecule has 0 unspecified atom stereocenters. The van der Waals surface area contributed by atoms with E-state index in [2.05, 4.69) is 31.5 Å². The van der Waals surface area contributed by atoms with E-state index in [1.165, 1.54) is 0 Å². The second-order valence-corrected chi connectivity index (χ2v) is 6.76. The van der Waals surface area contributed by atoms with E-state index in [0.29, 0.717) is 22.9 Å².